The summed E-state index contributed by atoms with van der Waals surface area (Å²) in [4.78, 5) is 2.80. The van der Waals surface area contributed by atoms with Crippen molar-refractivity contribution >= 4 is 11.1 Å². The fourth-order valence-electron chi connectivity index (χ4n) is 2.13. The normalized spacial score (nSPS) is 12.6. The Kier molecular flexibility index (Phi) is 5.06. The van der Waals surface area contributed by atoms with Gasteiger partial charge in [0.1, 0.15) is 0 Å². The Hall–Kier alpha value is -1.25. The molecule has 0 spiro atoms. The van der Waals surface area contributed by atoms with E-state index in [2.05, 4.69) is 79.7 Å². The van der Waals surface area contributed by atoms with Crippen LogP contribution in [0.25, 0.3) is 0 Å². The number of rotatable bonds is 5. The van der Waals surface area contributed by atoms with Crippen molar-refractivity contribution in [1.29, 1.82) is 0 Å². The van der Waals surface area contributed by atoms with Gasteiger partial charge < -0.3 is 0 Å². The van der Waals surface area contributed by atoms with Crippen molar-refractivity contribution in [3.8, 4) is 0 Å². The highest BCUT2D eigenvalue weighted by Crippen LogP contribution is 2.26. The topological polar surface area (TPSA) is 3.24 Å². The largest absolute Gasteiger partial charge is 0.182 e. The molecule has 0 aromatic heterocycles. The van der Waals surface area contributed by atoms with Gasteiger partial charge in [-0.25, -0.2) is 0 Å². The second kappa shape index (κ2) is 6.78. The maximum atomic E-state index is 2.53. The lowest BCUT2D eigenvalue weighted by Gasteiger charge is -2.18. The maximum absolute atomic E-state index is 2.53. The van der Waals surface area contributed by atoms with Crippen LogP contribution in [0.2, 0.25) is 0 Å². The zero-order valence-corrected chi connectivity index (χ0v) is 12.8. The summed E-state index contributed by atoms with van der Waals surface area (Å²) >= 11 is 0.0360. The second-order valence-corrected chi connectivity index (χ2v) is 6.55. The highest BCUT2D eigenvalue weighted by atomic mass is 32.2. The molecule has 1 nitrogen and oxygen atoms in total. The minimum atomic E-state index is 0.0360. The third-order valence-corrected chi connectivity index (χ3v) is 5.64. The Morgan fingerprint density at radius 1 is 0.789 bits per heavy atom. The SMILES string of the molecule is CCN(CC)[S+](c1ccccc1)c1ccc(C)cc1. The molecule has 1 unspecified atom stereocenters. The Balaban J connectivity index is 2.42. The molecule has 2 aromatic rings. The van der Waals surface area contributed by atoms with Crippen LogP contribution in [0.5, 0.6) is 0 Å². The van der Waals surface area contributed by atoms with E-state index in [9.17, 15) is 0 Å². The Bertz CT molecular complexity index is 488. The number of aryl methyl sites for hydroxylation is 1. The summed E-state index contributed by atoms with van der Waals surface area (Å²) in [5.41, 5.74) is 1.32. The van der Waals surface area contributed by atoms with Gasteiger partial charge in [0.25, 0.3) is 0 Å². The van der Waals surface area contributed by atoms with Crippen LogP contribution < -0.4 is 0 Å². The van der Waals surface area contributed by atoms with E-state index in [1.54, 1.807) is 0 Å². The van der Waals surface area contributed by atoms with E-state index in [0.29, 0.717) is 0 Å². The van der Waals surface area contributed by atoms with Crippen LogP contribution in [-0.4, -0.2) is 17.4 Å². The van der Waals surface area contributed by atoms with E-state index in [4.69, 9.17) is 0 Å². The molecule has 0 saturated carbocycles. The highest BCUT2D eigenvalue weighted by Gasteiger charge is 2.31. The molecule has 19 heavy (non-hydrogen) atoms. The fourth-order valence-corrected chi connectivity index (χ4v) is 4.33. The lowest BCUT2D eigenvalue weighted by Crippen LogP contribution is -2.31. The summed E-state index contributed by atoms with van der Waals surface area (Å²) in [7, 11) is 0. The van der Waals surface area contributed by atoms with Gasteiger partial charge in [-0.2, -0.15) is 0 Å². The van der Waals surface area contributed by atoms with Gasteiger partial charge in [0.15, 0.2) is 20.9 Å². The summed E-state index contributed by atoms with van der Waals surface area (Å²) in [6.07, 6.45) is 0. The Morgan fingerprint density at radius 2 is 1.32 bits per heavy atom. The van der Waals surface area contributed by atoms with E-state index in [1.807, 2.05) is 0 Å². The smallest absolute Gasteiger partial charge is 0.116 e. The first-order valence-electron chi connectivity index (χ1n) is 6.87. The van der Waals surface area contributed by atoms with Gasteiger partial charge in [-0.15, -0.1) is 4.31 Å². The van der Waals surface area contributed by atoms with E-state index >= 15 is 0 Å². The van der Waals surface area contributed by atoms with E-state index in [0.717, 1.165) is 13.1 Å². The monoisotopic (exact) mass is 272 g/mol. The predicted octanol–water partition coefficient (Wildman–Crippen LogP) is 4.29. The fraction of sp³-hybridized carbons (Fsp3) is 0.294. The lowest BCUT2D eigenvalue weighted by molar-refractivity contribution is 0.512. The Morgan fingerprint density at radius 3 is 1.84 bits per heavy atom. The molecule has 0 aliphatic heterocycles. The molecular formula is C17H22NS+. The molecule has 0 aliphatic rings. The third-order valence-electron chi connectivity index (χ3n) is 3.17. The van der Waals surface area contributed by atoms with Crippen LogP contribution in [0.1, 0.15) is 19.4 Å². The van der Waals surface area contributed by atoms with Crippen molar-refractivity contribution in [2.75, 3.05) is 13.1 Å². The molecule has 0 aliphatic carbocycles. The summed E-state index contributed by atoms with van der Waals surface area (Å²) in [5, 5.41) is 0. The van der Waals surface area contributed by atoms with Crippen LogP contribution in [0.3, 0.4) is 0 Å². The zero-order chi connectivity index (χ0) is 13.7. The molecular weight excluding hydrogens is 250 g/mol. The summed E-state index contributed by atoms with van der Waals surface area (Å²) in [6, 6.07) is 19.8. The quantitative estimate of drug-likeness (QED) is 0.734. The predicted molar refractivity (Wildman–Crippen MR) is 84.4 cm³/mol. The summed E-state index contributed by atoms with van der Waals surface area (Å²) in [5.74, 6) is 0. The molecule has 100 valence electrons. The van der Waals surface area contributed by atoms with Crippen molar-refractivity contribution in [2.24, 2.45) is 0 Å². The maximum Gasteiger partial charge on any atom is 0.182 e. The van der Waals surface area contributed by atoms with Crippen LogP contribution >= 0.6 is 0 Å². The first-order valence-corrected chi connectivity index (χ1v) is 8.05. The standard InChI is InChI=1S/C17H22NS/c1-4-18(5-2)19(16-9-7-6-8-10-16)17-13-11-15(3)12-14-17/h6-14H,4-5H2,1-3H3/q+1. The van der Waals surface area contributed by atoms with Crippen LogP contribution in [0.4, 0.5) is 0 Å². The van der Waals surface area contributed by atoms with Crippen LogP contribution in [-0.2, 0) is 11.1 Å². The molecule has 1 atom stereocenters. The third kappa shape index (κ3) is 3.40. The molecule has 2 rings (SSSR count). The minimum absolute atomic E-state index is 0.0360. The van der Waals surface area contributed by atoms with Gasteiger partial charge >= 0.3 is 0 Å². The van der Waals surface area contributed by atoms with Gasteiger partial charge in [0.2, 0.25) is 0 Å². The van der Waals surface area contributed by atoms with Gasteiger partial charge in [0.05, 0.1) is 0 Å². The molecule has 0 amide bonds. The van der Waals surface area contributed by atoms with Gasteiger partial charge in [-0.3, -0.25) is 0 Å². The van der Waals surface area contributed by atoms with Crippen molar-refractivity contribution in [3.63, 3.8) is 0 Å². The van der Waals surface area contributed by atoms with E-state index < -0.39 is 0 Å². The van der Waals surface area contributed by atoms with Crippen molar-refractivity contribution in [1.82, 2.24) is 4.31 Å². The number of benzene rings is 2. The van der Waals surface area contributed by atoms with E-state index in [-0.39, 0.29) is 11.1 Å². The molecule has 2 aromatic carbocycles. The number of nitrogens with zero attached hydrogens (tertiary/aromatic N) is 1. The zero-order valence-electron chi connectivity index (χ0n) is 12.0. The minimum Gasteiger partial charge on any atom is -0.116 e. The van der Waals surface area contributed by atoms with Crippen LogP contribution in [0.15, 0.2) is 64.4 Å². The molecule has 0 N–H and O–H groups in total. The van der Waals surface area contributed by atoms with Crippen molar-refractivity contribution in [3.05, 3.63) is 60.2 Å². The number of hydrogen-bond donors (Lipinski definition) is 0. The summed E-state index contributed by atoms with van der Waals surface area (Å²) < 4.78 is 2.53. The van der Waals surface area contributed by atoms with E-state index in [1.165, 1.54) is 15.4 Å². The number of hydrogen-bond acceptors (Lipinski definition) is 1. The lowest BCUT2D eigenvalue weighted by atomic mass is 10.2. The molecule has 0 saturated heterocycles. The summed E-state index contributed by atoms with van der Waals surface area (Å²) in [6.45, 7) is 8.76. The molecule has 2 heteroatoms. The first kappa shape index (κ1) is 14.2. The molecule has 0 bridgehead atoms. The van der Waals surface area contributed by atoms with Gasteiger partial charge in [-0.1, -0.05) is 35.9 Å². The van der Waals surface area contributed by atoms with Gasteiger partial charge in [-0.05, 0) is 45.0 Å². The van der Waals surface area contributed by atoms with Crippen molar-refractivity contribution in [2.45, 2.75) is 30.6 Å². The molecule has 0 radical (unpaired) electrons. The average molecular weight is 272 g/mol. The van der Waals surface area contributed by atoms with Crippen LogP contribution in [0, 0.1) is 6.92 Å². The molecule has 0 fully saturated rings. The van der Waals surface area contributed by atoms with Gasteiger partial charge in [0, 0.05) is 13.1 Å². The van der Waals surface area contributed by atoms with Crippen molar-refractivity contribution < 1.29 is 0 Å². The second-order valence-electron chi connectivity index (χ2n) is 4.53. The average Bonchev–Trinajstić information content (AvgIpc) is 2.47. The molecule has 0 heterocycles. The first-order chi connectivity index (χ1) is 9.26. The highest BCUT2D eigenvalue weighted by molar-refractivity contribution is 7.94. The Labute approximate surface area is 119 Å².